The van der Waals surface area contributed by atoms with Gasteiger partial charge in [-0.25, -0.2) is 23.4 Å². The summed E-state index contributed by atoms with van der Waals surface area (Å²) in [6.07, 6.45) is 2.98. The average molecular weight is 486 g/mol. The number of alkyl halides is 2. The Hall–Kier alpha value is -3.18. The number of morpholine rings is 1. The number of rotatable bonds is 4. The molecule has 0 bridgehead atoms. The van der Waals surface area contributed by atoms with E-state index in [4.69, 9.17) is 4.74 Å². The van der Waals surface area contributed by atoms with E-state index in [1.165, 1.54) is 6.33 Å². The van der Waals surface area contributed by atoms with E-state index in [-0.39, 0.29) is 12.5 Å². The molecule has 1 unspecified atom stereocenters. The van der Waals surface area contributed by atoms with Crippen LogP contribution in [-0.4, -0.2) is 89.5 Å². The fraction of sp³-hybridized carbons (Fsp3) is 0.500. The van der Waals surface area contributed by atoms with Crippen molar-refractivity contribution < 1.29 is 18.3 Å². The first-order chi connectivity index (χ1) is 16.8. The van der Waals surface area contributed by atoms with E-state index < -0.39 is 17.9 Å². The Balaban J connectivity index is 1.49. The average Bonchev–Trinajstić information content (AvgIpc) is 3.25. The number of aryl methyl sites for hydroxylation is 1. The first-order valence-corrected chi connectivity index (χ1v) is 11.7. The number of nitrogens with one attached hydrogen (secondary N) is 1. The number of ether oxygens (including phenoxy) is 1. The molecule has 1 aromatic carbocycles. The van der Waals surface area contributed by atoms with Gasteiger partial charge in [-0.1, -0.05) is 0 Å². The quantitative estimate of drug-likeness (QED) is 0.606. The summed E-state index contributed by atoms with van der Waals surface area (Å²) < 4.78 is 37.2. The van der Waals surface area contributed by atoms with Crippen LogP contribution in [0.5, 0.6) is 0 Å². The molecule has 0 saturated carbocycles. The topological polar surface area (TPSA) is 88.4 Å². The van der Waals surface area contributed by atoms with Crippen molar-refractivity contribution in [2.75, 3.05) is 51.8 Å². The molecule has 5 rings (SSSR count). The van der Waals surface area contributed by atoms with E-state index in [0.717, 1.165) is 16.5 Å². The van der Waals surface area contributed by atoms with Crippen molar-refractivity contribution in [1.82, 2.24) is 30.0 Å². The van der Waals surface area contributed by atoms with Gasteiger partial charge < -0.3 is 19.9 Å². The van der Waals surface area contributed by atoms with Gasteiger partial charge in [-0.3, -0.25) is 4.79 Å². The number of hydrogen-bond acceptors (Lipinski definition) is 7. The predicted molar refractivity (Wildman–Crippen MR) is 127 cm³/mol. The van der Waals surface area contributed by atoms with Gasteiger partial charge in [0.05, 0.1) is 37.3 Å². The third kappa shape index (κ3) is 4.45. The molecule has 186 valence electrons. The smallest absolute Gasteiger partial charge is 0.267 e. The molecule has 2 atom stereocenters. The fourth-order valence-electron chi connectivity index (χ4n) is 5.06. The Labute approximate surface area is 202 Å². The highest BCUT2D eigenvalue weighted by molar-refractivity contribution is 5.82. The Morgan fingerprint density at radius 2 is 2.00 bits per heavy atom. The summed E-state index contributed by atoms with van der Waals surface area (Å²) in [5.74, 6) is -2.67. The van der Waals surface area contributed by atoms with Crippen LogP contribution < -0.4 is 10.2 Å². The Morgan fingerprint density at radius 3 is 2.77 bits per heavy atom. The molecule has 1 amide bonds. The van der Waals surface area contributed by atoms with Crippen LogP contribution in [0.2, 0.25) is 0 Å². The fourth-order valence-corrected chi connectivity index (χ4v) is 5.06. The lowest BCUT2D eigenvalue weighted by atomic mass is 9.83. The molecule has 35 heavy (non-hydrogen) atoms. The number of likely N-dealkylation sites (N-methyl/N-ethyl adjacent to an activating group) is 1. The summed E-state index contributed by atoms with van der Waals surface area (Å²) in [5, 5.41) is 7.97. The van der Waals surface area contributed by atoms with E-state index in [1.807, 2.05) is 24.0 Å². The molecule has 3 aromatic rings. The number of aromatic nitrogens is 4. The maximum absolute atomic E-state index is 15.0. The lowest BCUT2D eigenvalue weighted by Gasteiger charge is -2.37. The van der Waals surface area contributed by atoms with Crippen LogP contribution in [0.1, 0.15) is 23.5 Å². The summed E-state index contributed by atoms with van der Waals surface area (Å²) in [6, 6.07) is 5.54. The van der Waals surface area contributed by atoms with Gasteiger partial charge in [-0.05, 0) is 50.2 Å². The van der Waals surface area contributed by atoms with Crippen molar-refractivity contribution in [3.05, 3.63) is 41.9 Å². The molecule has 11 heteroatoms. The summed E-state index contributed by atoms with van der Waals surface area (Å²) in [6.45, 7) is 3.60. The third-order valence-electron chi connectivity index (χ3n) is 6.91. The van der Waals surface area contributed by atoms with Crippen LogP contribution in [0.15, 0.2) is 30.7 Å². The number of amides is 1. The lowest BCUT2D eigenvalue weighted by molar-refractivity contribution is -0.132. The van der Waals surface area contributed by atoms with Crippen molar-refractivity contribution >= 4 is 22.6 Å². The second kappa shape index (κ2) is 9.12. The molecular weight excluding hydrogens is 456 g/mol. The van der Waals surface area contributed by atoms with Gasteiger partial charge in [-0.2, -0.15) is 5.10 Å². The van der Waals surface area contributed by atoms with Crippen molar-refractivity contribution in [2.45, 2.75) is 31.3 Å². The molecule has 2 aliphatic heterocycles. The number of anilines is 1. The second-order valence-electron chi connectivity index (χ2n) is 9.32. The minimum atomic E-state index is -2.81. The van der Waals surface area contributed by atoms with Crippen molar-refractivity contribution in [1.29, 1.82) is 0 Å². The molecule has 2 aromatic heterocycles. The second-order valence-corrected chi connectivity index (χ2v) is 9.32. The number of benzene rings is 1. The molecule has 2 fully saturated rings. The zero-order chi connectivity index (χ0) is 24.7. The number of nitrogens with zero attached hydrogens (tertiary/aromatic N) is 6. The zero-order valence-electron chi connectivity index (χ0n) is 20.0. The van der Waals surface area contributed by atoms with Gasteiger partial charge in [0.25, 0.3) is 11.8 Å². The maximum atomic E-state index is 15.0. The molecular formula is C24H29F2N7O2. The van der Waals surface area contributed by atoms with E-state index >= 15 is 0 Å². The van der Waals surface area contributed by atoms with E-state index in [9.17, 15) is 13.6 Å². The van der Waals surface area contributed by atoms with Gasteiger partial charge in [0.15, 0.2) is 11.9 Å². The highest BCUT2D eigenvalue weighted by Gasteiger charge is 2.45. The van der Waals surface area contributed by atoms with Crippen LogP contribution >= 0.6 is 0 Å². The summed E-state index contributed by atoms with van der Waals surface area (Å²) >= 11 is 0. The van der Waals surface area contributed by atoms with Crippen LogP contribution in [-0.2, 0) is 9.53 Å². The van der Waals surface area contributed by atoms with E-state index in [2.05, 4.69) is 20.4 Å². The van der Waals surface area contributed by atoms with E-state index in [0.29, 0.717) is 49.9 Å². The first kappa shape index (κ1) is 23.6. The summed E-state index contributed by atoms with van der Waals surface area (Å²) in [7, 11) is 3.31. The highest BCUT2D eigenvalue weighted by atomic mass is 19.3. The minimum Gasteiger partial charge on any atom is -0.365 e. The zero-order valence-corrected chi connectivity index (χ0v) is 20.0. The van der Waals surface area contributed by atoms with Crippen molar-refractivity contribution in [3.8, 4) is 5.82 Å². The monoisotopic (exact) mass is 485 g/mol. The molecule has 9 nitrogen and oxygen atoms in total. The van der Waals surface area contributed by atoms with Gasteiger partial charge in [-0.15, -0.1) is 0 Å². The van der Waals surface area contributed by atoms with Gasteiger partial charge in [0, 0.05) is 25.0 Å². The number of likely N-dealkylation sites (tertiary alicyclic amines) is 1. The van der Waals surface area contributed by atoms with Crippen molar-refractivity contribution in [2.24, 2.45) is 0 Å². The summed E-state index contributed by atoms with van der Waals surface area (Å²) in [5.41, 5.74) is 2.20. The van der Waals surface area contributed by atoms with Crippen LogP contribution in [0, 0.1) is 6.92 Å². The number of carbonyl (C=O) groups excluding carboxylic acids is 1. The summed E-state index contributed by atoms with van der Waals surface area (Å²) in [4.78, 5) is 24.5. The van der Waals surface area contributed by atoms with Gasteiger partial charge in [0.2, 0.25) is 0 Å². The number of fused-ring (bicyclic) bond motifs is 1. The first-order valence-electron chi connectivity index (χ1n) is 11.7. The van der Waals surface area contributed by atoms with Crippen LogP contribution in [0.4, 0.5) is 14.6 Å². The largest absolute Gasteiger partial charge is 0.365 e. The molecule has 2 aliphatic rings. The van der Waals surface area contributed by atoms with Gasteiger partial charge in [0.1, 0.15) is 12.1 Å². The number of piperidine rings is 1. The lowest BCUT2D eigenvalue weighted by Crippen LogP contribution is -2.49. The minimum absolute atomic E-state index is 0.185. The van der Waals surface area contributed by atoms with E-state index in [1.54, 1.807) is 35.9 Å². The normalized spacial score (nSPS) is 22.9. The Kier molecular flexibility index (Phi) is 6.14. The Bertz CT molecular complexity index is 1250. The van der Waals surface area contributed by atoms with Gasteiger partial charge >= 0.3 is 0 Å². The highest BCUT2D eigenvalue weighted by Crippen LogP contribution is 2.42. The van der Waals surface area contributed by atoms with Crippen molar-refractivity contribution in [3.63, 3.8) is 0 Å². The number of carbonyl (C=O) groups is 1. The molecule has 1 N–H and O–H groups in total. The molecule has 0 aliphatic carbocycles. The standard InChI is InChI=1S/C24H29F2N7O2/c1-15-8-16-11-30-33(19(16)9-17(15)18-4-5-31(3)13-24(18,25)26)22-10-21(28-14-29-22)32-6-7-35-20(12-32)23(34)27-2/h8-11,14,18,20H,4-7,12-13H2,1-3H3,(H,27,34)/t18?,20-/m1/s1. The number of halogens is 2. The molecule has 2 saturated heterocycles. The number of hydrogen-bond donors (Lipinski definition) is 1. The Morgan fingerprint density at radius 1 is 1.20 bits per heavy atom. The SMILES string of the molecule is CNC(=O)[C@H]1CN(c2cc(-n3ncc4cc(C)c(C5CCN(C)CC5(F)F)cc43)ncn2)CCO1. The molecule has 4 heterocycles. The van der Waals surface area contributed by atoms with Crippen LogP contribution in [0.3, 0.4) is 0 Å². The van der Waals surface area contributed by atoms with Crippen LogP contribution in [0.25, 0.3) is 16.7 Å². The molecule has 0 radical (unpaired) electrons. The predicted octanol–water partition coefficient (Wildman–Crippen LogP) is 2.13. The maximum Gasteiger partial charge on any atom is 0.267 e. The molecule has 0 spiro atoms. The third-order valence-corrected chi connectivity index (χ3v) is 6.91.